The van der Waals surface area contributed by atoms with Crippen LogP contribution in [0.15, 0.2) is 46.7 Å². The van der Waals surface area contributed by atoms with Gasteiger partial charge in [0.05, 0.1) is 4.34 Å². The van der Waals surface area contributed by atoms with Crippen molar-refractivity contribution in [2.75, 3.05) is 6.54 Å². The van der Waals surface area contributed by atoms with E-state index in [1.807, 2.05) is 0 Å². The normalized spacial score (nSPS) is 15.2. The van der Waals surface area contributed by atoms with Crippen molar-refractivity contribution in [1.29, 1.82) is 0 Å². The minimum absolute atomic E-state index is 0.109. The van der Waals surface area contributed by atoms with Crippen LogP contribution in [0.4, 0.5) is 13.2 Å². The van der Waals surface area contributed by atoms with Gasteiger partial charge in [-0.2, -0.15) is 13.2 Å². The summed E-state index contributed by atoms with van der Waals surface area (Å²) in [4.78, 5) is 0. The van der Waals surface area contributed by atoms with Crippen molar-refractivity contribution in [3.63, 3.8) is 0 Å². The van der Waals surface area contributed by atoms with Crippen molar-refractivity contribution in [2.45, 2.75) is 22.4 Å². The molecule has 0 amide bonds. The third-order valence-corrected chi connectivity index (χ3v) is 6.50. The van der Waals surface area contributed by atoms with Crippen molar-refractivity contribution >= 4 is 33.0 Å². The lowest BCUT2D eigenvalue weighted by Gasteiger charge is -2.31. The zero-order valence-corrected chi connectivity index (χ0v) is 14.4. The van der Waals surface area contributed by atoms with Crippen LogP contribution in [0.5, 0.6) is 0 Å². The highest BCUT2D eigenvalue weighted by Gasteiger charge is 2.54. The highest BCUT2D eigenvalue weighted by atomic mass is 35.5. The highest BCUT2D eigenvalue weighted by Crippen LogP contribution is 2.41. The Morgan fingerprint density at radius 2 is 1.75 bits per heavy atom. The van der Waals surface area contributed by atoms with E-state index in [0.29, 0.717) is 0 Å². The van der Waals surface area contributed by atoms with E-state index in [1.165, 1.54) is 30.3 Å². The first-order valence-electron chi connectivity index (χ1n) is 6.66. The largest absolute Gasteiger partial charge is 0.421 e. The number of rotatable bonds is 6. The Hall–Kier alpha value is -1.13. The molecule has 0 aliphatic carbocycles. The Morgan fingerprint density at radius 3 is 2.25 bits per heavy atom. The number of hydrogen-bond donors (Lipinski definition) is 2. The molecule has 10 heteroatoms. The first-order chi connectivity index (χ1) is 11.1. The van der Waals surface area contributed by atoms with Crippen LogP contribution >= 0.6 is 22.9 Å². The van der Waals surface area contributed by atoms with Crippen molar-refractivity contribution in [2.24, 2.45) is 0 Å². The quantitative estimate of drug-likeness (QED) is 0.781. The summed E-state index contributed by atoms with van der Waals surface area (Å²) in [5, 5.41) is 10.1. The second-order valence-electron chi connectivity index (χ2n) is 4.93. The molecule has 0 saturated carbocycles. The van der Waals surface area contributed by atoms with Gasteiger partial charge in [-0.25, -0.2) is 13.1 Å². The third kappa shape index (κ3) is 4.09. The molecule has 0 saturated heterocycles. The van der Waals surface area contributed by atoms with E-state index >= 15 is 0 Å². The fourth-order valence-electron chi connectivity index (χ4n) is 2.04. The minimum atomic E-state index is -4.95. The molecule has 0 radical (unpaired) electrons. The first kappa shape index (κ1) is 19.2. The highest BCUT2D eigenvalue weighted by molar-refractivity contribution is 7.91. The Balaban J connectivity index is 2.15. The van der Waals surface area contributed by atoms with E-state index in [-0.39, 0.29) is 14.1 Å². The molecule has 1 heterocycles. The Labute approximate surface area is 145 Å². The van der Waals surface area contributed by atoms with Gasteiger partial charge in [0, 0.05) is 13.0 Å². The zero-order valence-electron chi connectivity index (χ0n) is 12.0. The van der Waals surface area contributed by atoms with Crippen LogP contribution in [0.1, 0.15) is 12.0 Å². The molecule has 2 N–H and O–H groups in total. The molecule has 0 fully saturated rings. The molecule has 1 unspecified atom stereocenters. The van der Waals surface area contributed by atoms with Crippen molar-refractivity contribution in [3.05, 3.63) is 52.4 Å². The number of thiophene rings is 1. The first-order valence-corrected chi connectivity index (χ1v) is 9.34. The van der Waals surface area contributed by atoms with Gasteiger partial charge in [0.25, 0.3) is 0 Å². The summed E-state index contributed by atoms with van der Waals surface area (Å²) in [6.07, 6.45) is -5.81. The molecule has 4 nitrogen and oxygen atoms in total. The van der Waals surface area contributed by atoms with Crippen molar-refractivity contribution < 1.29 is 26.7 Å². The zero-order chi connectivity index (χ0) is 18.0. The summed E-state index contributed by atoms with van der Waals surface area (Å²) >= 11 is 6.44. The number of aliphatic hydroxyl groups is 1. The molecule has 0 aliphatic rings. The van der Waals surface area contributed by atoms with Gasteiger partial charge in [-0.1, -0.05) is 41.9 Å². The van der Waals surface area contributed by atoms with Crippen LogP contribution in [-0.2, 0) is 15.6 Å². The molecular formula is C14H13ClF3NO3S2. The summed E-state index contributed by atoms with van der Waals surface area (Å²) in [5.41, 5.74) is -3.50. The lowest BCUT2D eigenvalue weighted by atomic mass is 9.90. The molecule has 2 aromatic rings. The fraction of sp³-hybridized carbons (Fsp3) is 0.286. The lowest BCUT2D eigenvalue weighted by Crippen LogP contribution is -2.44. The van der Waals surface area contributed by atoms with Crippen molar-refractivity contribution in [1.82, 2.24) is 4.72 Å². The SMILES string of the molecule is O=S(=O)(NCCC(O)(c1ccccc1)C(F)(F)F)c1ccc(Cl)s1. The number of alkyl halides is 3. The predicted molar refractivity (Wildman–Crippen MR) is 85.5 cm³/mol. The van der Waals surface area contributed by atoms with Gasteiger partial charge in [-0.3, -0.25) is 0 Å². The summed E-state index contributed by atoms with van der Waals surface area (Å²) in [6.45, 7) is -0.594. The lowest BCUT2D eigenvalue weighted by molar-refractivity contribution is -0.268. The van der Waals surface area contributed by atoms with Crippen LogP contribution in [0.25, 0.3) is 0 Å². The second-order valence-corrected chi connectivity index (χ2v) is 8.64. The predicted octanol–water partition coefficient (Wildman–Crippen LogP) is 3.52. The number of halogens is 4. The monoisotopic (exact) mass is 399 g/mol. The molecule has 0 bridgehead atoms. The fourth-order valence-corrected chi connectivity index (χ4v) is 4.60. The van der Waals surface area contributed by atoms with Crippen LogP contribution in [-0.4, -0.2) is 26.2 Å². The van der Waals surface area contributed by atoms with Gasteiger partial charge in [-0.15, -0.1) is 11.3 Å². The van der Waals surface area contributed by atoms with Crippen LogP contribution in [0.3, 0.4) is 0 Å². The van der Waals surface area contributed by atoms with Crippen molar-refractivity contribution in [3.8, 4) is 0 Å². The summed E-state index contributed by atoms with van der Waals surface area (Å²) in [6, 6.07) is 9.15. The standard InChI is InChI=1S/C14H13ClF3NO3S2/c15-11-6-7-12(23-11)24(21,22)19-9-8-13(20,14(16,17)18)10-4-2-1-3-5-10/h1-7,19-20H,8-9H2. The average Bonchev–Trinajstić information content (AvgIpc) is 2.94. The number of nitrogens with one attached hydrogen (secondary N) is 1. The molecule has 1 atom stereocenters. The van der Waals surface area contributed by atoms with E-state index < -0.39 is 34.8 Å². The number of hydrogen-bond acceptors (Lipinski definition) is 4. The van der Waals surface area contributed by atoms with Gasteiger partial charge in [0.1, 0.15) is 4.21 Å². The van der Waals surface area contributed by atoms with Gasteiger partial charge in [-0.05, 0) is 17.7 Å². The maximum atomic E-state index is 13.3. The summed E-state index contributed by atoms with van der Waals surface area (Å²) in [7, 11) is -3.98. The molecule has 24 heavy (non-hydrogen) atoms. The van der Waals surface area contributed by atoms with E-state index in [4.69, 9.17) is 11.6 Å². The van der Waals surface area contributed by atoms with E-state index in [0.717, 1.165) is 23.5 Å². The maximum absolute atomic E-state index is 13.3. The van der Waals surface area contributed by atoms with E-state index in [1.54, 1.807) is 0 Å². The van der Waals surface area contributed by atoms with Crippen LogP contribution < -0.4 is 4.72 Å². The van der Waals surface area contributed by atoms with Gasteiger partial charge >= 0.3 is 6.18 Å². The summed E-state index contributed by atoms with van der Waals surface area (Å²) in [5.74, 6) is 0. The van der Waals surface area contributed by atoms with Crippen LogP contribution in [0.2, 0.25) is 4.34 Å². The van der Waals surface area contributed by atoms with E-state index in [2.05, 4.69) is 4.72 Å². The van der Waals surface area contributed by atoms with E-state index in [9.17, 15) is 26.7 Å². The third-order valence-electron chi connectivity index (χ3n) is 3.31. The molecule has 0 spiro atoms. The molecular weight excluding hydrogens is 387 g/mol. The number of sulfonamides is 1. The Morgan fingerprint density at radius 1 is 1.12 bits per heavy atom. The second kappa shape index (κ2) is 7.01. The molecule has 1 aromatic carbocycles. The average molecular weight is 400 g/mol. The van der Waals surface area contributed by atoms with Gasteiger partial charge in [0.15, 0.2) is 5.60 Å². The minimum Gasteiger partial charge on any atom is -0.376 e. The molecule has 132 valence electrons. The molecule has 1 aromatic heterocycles. The van der Waals surface area contributed by atoms with Gasteiger partial charge in [0.2, 0.25) is 10.0 Å². The Bertz CT molecular complexity index is 793. The topological polar surface area (TPSA) is 66.4 Å². The maximum Gasteiger partial charge on any atom is 0.421 e. The molecule has 0 aliphatic heterocycles. The summed E-state index contributed by atoms with van der Waals surface area (Å²) < 4.78 is 66.1. The molecule has 2 rings (SSSR count). The Kier molecular flexibility index (Phi) is 5.61. The van der Waals surface area contributed by atoms with Gasteiger partial charge < -0.3 is 5.11 Å². The van der Waals surface area contributed by atoms with Crippen LogP contribution in [0, 0.1) is 0 Å². The number of benzene rings is 1. The smallest absolute Gasteiger partial charge is 0.376 e.